The molecule has 0 saturated carbocycles. The van der Waals surface area contributed by atoms with Gasteiger partial charge in [0.05, 0.1) is 22.9 Å². The van der Waals surface area contributed by atoms with Gasteiger partial charge < -0.3 is 20.7 Å². The van der Waals surface area contributed by atoms with Crippen molar-refractivity contribution in [2.75, 3.05) is 23.5 Å². The number of thioether (sulfide) groups is 1. The Labute approximate surface area is 256 Å². The number of nitrogens with one attached hydrogen (secondary N) is 3. The van der Waals surface area contributed by atoms with Crippen LogP contribution in [0.3, 0.4) is 0 Å². The first-order valence-electron chi connectivity index (χ1n) is 12.4. The van der Waals surface area contributed by atoms with Crippen LogP contribution in [0.4, 0.5) is 15.8 Å². The Kier molecular flexibility index (Phi) is 10.6. The maximum Gasteiger partial charge on any atom is 0.272 e. The van der Waals surface area contributed by atoms with Crippen molar-refractivity contribution in [2.24, 2.45) is 0 Å². The van der Waals surface area contributed by atoms with Crippen LogP contribution in [0.1, 0.15) is 15.9 Å². The summed E-state index contributed by atoms with van der Waals surface area (Å²) in [5.41, 5.74) is 0.966. The minimum atomic E-state index is -0.699. The number of hydrogen-bond donors (Lipinski definition) is 3. The molecule has 0 aliphatic heterocycles. The average Bonchev–Trinajstić information content (AvgIpc) is 2.98. The molecule has 11 heteroatoms. The molecular weight excluding hydrogens is 600 g/mol. The molecule has 0 radical (unpaired) electrons. The lowest BCUT2D eigenvalue weighted by Gasteiger charge is -2.13. The van der Waals surface area contributed by atoms with Gasteiger partial charge in [-0.1, -0.05) is 53.5 Å². The summed E-state index contributed by atoms with van der Waals surface area (Å²) >= 11 is 13.5. The lowest BCUT2D eigenvalue weighted by Crippen LogP contribution is -2.30. The first-order chi connectivity index (χ1) is 20.2. The second-order valence-corrected chi connectivity index (χ2v) is 10.5. The van der Waals surface area contributed by atoms with Gasteiger partial charge in [0.1, 0.15) is 17.3 Å². The molecule has 3 N–H and O–H groups in total. The molecule has 0 atom stereocenters. The summed E-state index contributed by atoms with van der Waals surface area (Å²) in [7, 11) is 1.50. The summed E-state index contributed by atoms with van der Waals surface area (Å²) in [4.78, 5) is 39.3. The number of amides is 3. The van der Waals surface area contributed by atoms with Crippen molar-refractivity contribution in [3.63, 3.8) is 0 Å². The maximum absolute atomic E-state index is 14.5. The van der Waals surface area contributed by atoms with Crippen LogP contribution in [-0.4, -0.2) is 30.6 Å². The maximum atomic E-state index is 14.5. The smallest absolute Gasteiger partial charge is 0.272 e. The van der Waals surface area contributed by atoms with Crippen molar-refractivity contribution < 1.29 is 23.5 Å². The molecule has 0 spiro atoms. The van der Waals surface area contributed by atoms with Crippen LogP contribution in [0.5, 0.6) is 5.75 Å². The van der Waals surface area contributed by atoms with E-state index in [1.807, 2.05) is 0 Å². The van der Waals surface area contributed by atoms with Gasteiger partial charge in [0.25, 0.3) is 11.8 Å². The van der Waals surface area contributed by atoms with Crippen LogP contribution in [0.25, 0.3) is 6.08 Å². The number of rotatable bonds is 10. The van der Waals surface area contributed by atoms with Crippen LogP contribution in [0.2, 0.25) is 10.0 Å². The molecule has 0 aliphatic rings. The number of methoxy groups -OCH3 is 1. The van der Waals surface area contributed by atoms with Crippen molar-refractivity contribution >= 4 is 70.1 Å². The van der Waals surface area contributed by atoms with E-state index in [1.165, 1.54) is 43.1 Å². The number of carbonyl (C=O) groups excluding carboxylic acids is 3. The van der Waals surface area contributed by atoms with Crippen molar-refractivity contribution in [3.05, 3.63) is 124 Å². The lowest BCUT2D eigenvalue weighted by atomic mass is 10.1. The van der Waals surface area contributed by atoms with E-state index >= 15 is 0 Å². The molecule has 4 rings (SSSR count). The fourth-order valence-electron chi connectivity index (χ4n) is 3.69. The molecule has 0 aliphatic carbocycles. The van der Waals surface area contributed by atoms with Gasteiger partial charge in [0, 0.05) is 27.4 Å². The third-order valence-electron chi connectivity index (χ3n) is 5.71. The molecule has 4 aromatic carbocycles. The molecule has 214 valence electrons. The van der Waals surface area contributed by atoms with Crippen molar-refractivity contribution in [1.29, 1.82) is 0 Å². The minimum Gasteiger partial charge on any atom is -0.495 e. The first kappa shape index (κ1) is 30.6. The molecular formula is C31H24Cl2FN3O4S. The molecule has 7 nitrogen and oxygen atoms in total. The summed E-state index contributed by atoms with van der Waals surface area (Å²) in [6.07, 6.45) is 1.18. The molecule has 0 heterocycles. The highest BCUT2D eigenvalue weighted by atomic mass is 35.5. The lowest BCUT2D eigenvalue weighted by molar-refractivity contribution is -0.114. The number of carbonyl (C=O) groups is 3. The summed E-state index contributed by atoms with van der Waals surface area (Å²) in [5, 5.41) is 8.49. The van der Waals surface area contributed by atoms with E-state index in [1.54, 1.807) is 72.8 Å². The fraction of sp³-hybridized carbons (Fsp3) is 0.0645. The quantitative estimate of drug-likeness (QED) is 0.127. The molecule has 42 heavy (non-hydrogen) atoms. The topological polar surface area (TPSA) is 96.5 Å². The minimum absolute atomic E-state index is 0.0499. The van der Waals surface area contributed by atoms with Gasteiger partial charge in [0.15, 0.2) is 0 Å². The standard InChI is InChI=1S/C31H24Cl2FN3O4S/c1-41-28-14-13-21(16-25(28)33)35-29(38)18-42-22-10-5-9-20(15-22)36-31(40)27(17-23-24(32)11-6-12-26(23)34)37-30(39)19-7-3-2-4-8-19/h2-17H,18H2,1H3,(H,35,38)(H,36,40)(H,37,39)/b27-17+. The fourth-order valence-corrected chi connectivity index (χ4v) is 4.92. The molecule has 0 unspecified atom stereocenters. The van der Waals surface area contributed by atoms with E-state index in [9.17, 15) is 18.8 Å². The molecule has 0 bridgehead atoms. The zero-order chi connectivity index (χ0) is 30.1. The third-order valence-corrected chi connectivity index (χ3v) is 7.33. The Morgan fingerprint density at radius 1 is 0.857 bits per heavy atom. The first-order valence-corrected chi connectivity index (χ1v) is 14.2. The highest BCUT2D eigenvalue weighted by Crippen LogP contribution is 2.28. The Bertz CT molecular complexity index is 1630. The third kappa shape index (κ3) is 8.36. The largest absolute Gasteiger partial charge is 0.495 e. The Morgan fingerprint density at radius 2 is 1.60 bits per heavy atom. The second kappa shape index (κ2) is 14.5. The van der Waals surface area contributed by atoms with Gasteiger partial charge in [0.2, 0.25) is 5.91 Å². The van der Waals surface area contributed by atoms with Crippen LogP contribution in [-0.2, 0) is 9.59 Å². The van der Waals surface area contributed by atoms with E-state index < -0.39 is 17.6 Å². The van der Waals surface area contributed by atoms with Crippen LogP contribution >= 0.6 is 35.0 Å². The monoisotopic (exact) mass is 623 g/mol. The van der Waals surface area contributed by atoms with E-state index in [4.69, 9.17) is 27.9 Å². The Hall–Kier alpha value is -4.31. The molecule has 0 saturated heterocycles. The van der Waals surface area contributed by atoms with Gasteiger partial charge in [-0.15, -0.1) is 11.8 Å². The van der Waals surface area contributed by atoms with Gasteiger partial charge in [-0.3, -0.25) is 14.4 Å². The van der Waals surface area contributed by atoms with Crippen molar-refractivity contribution in [1.82, 2.24) is 5.32 Å². The number of halogens is 3. The predicted molar refractivity (Wildman–Crippen MR) is 166 cm³/mol. The number of ether oxygens (including phenoxy) is 1. The molecule has 3 amide bonds. The summed E-state index contributed by atoms with van der Waals surface area (Å²) in [6.45, 7) is 0. The SMILES string of the molecule is COc1ccc(NC(=O)CSc2cccc(NC(=O)/C(=C\c3c(F)cccc3Cl)NC(=O)c3ccccc3)c2)cc1Cl. The molecule has 4 aromatic rings. The highest BCUT2D eigenvalue weighted by Gasteiger charge is 2.17. The molecule has 0 aromatic heterocycles. The normalized spacial score (nSPS) is 11.0. The van der Waals surface area contributed by atoms with Crippen LogP contribution in [0.15, 0.2) is 102 Å². The van der Waals surface area contributed by atoms with E-state index in [0.29, 0.717) is 32.6 Å². The van der Waals surface area contributed by atoms with Gasteiger partial charge in [-0.25, -0.2) is 4.39 Å². The van der Waals surface area contributed by atoms with Gasteiger partial charge in [-0.2, -0.15) is 0 Å². The van der Waals surface area contributed by atoms with Crippen molar-refractivity contribution in [2.45, 2.75) is 4.90 Å². The van der Waals surface area contributed by atoms with E-state index in [-0.39, 0.29) is 27.9 Å². The Balaban J connectivity index is 1.46. The van der Waals surface area contributed by atoms with E-state index in [2.05, 4.69) is 16.0 Å². The predicted octanol–water partition coefficient (Wildman–Crippen LogP) is 7.28. The number of benzene rings is 4. The van der Waals surface area contributed by atoms with E-state index in [0.717, 1.165) is 0 Å². The Morgan fingerprint density at radius 3 is 2.31 bits per heavy atom. The zero-order valence-electron chi connectivity index (χ0n) is 22.1. The number of anilines is 2. The number of hydrogen-bond acceptors (Lipinski definition) is 5. The zero-order valence-corrected chi connectivity index (χ0v) is 24.4. The summed E-state index contributed by atoms with van der Waals surface area (Å²) in [5.74, 6) is -1.59. The van der Waals surface area contributed by atoms with Crippen molar-refractivity contribution in [3.8, 4) is 5.75 Å². The van der Waals surface area contributed by atoms with Crippen LogP contribution in [0, 0.1) is 5.82 Å². The second-order valence-electron chi connectivity index (χ2n) is 8.68. The van der Waals surface area contributed by atoms with Gasteiger partial charge in [-0.05, 0) is 66.7 Å². The highest BCUT2D eigenvalue weighted by molar-refractivity contribution is 8.00. The average molecular weight is 625 g/mol. The van der Waals surface area contributed by atoms with Crippen LogP contribution < -0.4 is 20.7 Å². The summed E-state index contributed by atoms with van der Waals surface area (Å²) < 4.78 is 19.7. The summed E-state index contributed by atoms with van der Waals surface area (Å²) in [6, 6.07) is 24.1. The molecule has 0 fully saturated rings. The van der Waals surface area contributed by atoms with Gasteiger partial charge >= 0.3 is 0 Å².